The van der Waals surface area contributed by atoms with E-state index in [4.69, 9.17) is 9.97 Å². The van der Waals surface area contributed by atoms with Crippen LogP contribution in [0.15, 0.2) is 0 Å². The highest BCUT2D eigenvalue weighted by Gasteiger charge is 2.21. The molecule has 1 aromatic rings. The lowest BCUT2D eigenvalue weighted by Gasteiger charge is -2.29. The third kappa shape index (κ3) is 4.74. The molecule has 0 atom stereocenters. The van der Waals surface area contributed by atoms with E-state index >= 15 is 0 Å². The Morgan fingerprint density at radius 2 is 1.96 bits per heavy atom. The molecule has 2 heterocycles. The van der Waals surface area contributed by atoms with Gasteiger partial charge >= 0.3 is 0 Å². The number of hydrogen-bond acceptors (Lipinski definition) is 7. The molecule has 2 aliphatic rings. The number of nitrogens with zero attached hydrogens (tertiary/aromatic N) is 3. The molecule has 1 aliphatic heterocycles. The molecule has 0 spiro atoms. The smallest absolute Gasteiger partial charge is 0.227 e. The normalized spacial score (nSPS) is 17.9. The number of piperazine rings is 1. The van der Waals surface area contributed by atoms with Crippen LogP contribution in [0, 0.1) is 0 Å². The molecule has 0 aromatic carbocycles. The van der Waals surface area contributed by atoms with E-state index in [9.17, 15) is 0 Å². The first-order chi connectivity index (χ1) is 11.7. The summed E-state index contributed by atoms with van der Waals surface area (Å²) in [5.74, 6) is 3.01. The van der Waals surface area contributed by atoms with E-state index in [1.54, 1.807) is 11.9 Å². The van der Waals surface area contributed by atoms with Crippen molar-refractivity contribution in [1.29, 1.82) is 0 Å². The SMILES string of the molecule is CC(C)NSCCNc1nc(N2CCNCC2)nc2c1CCCC2. The number of rotatable bonds is 7. The minimum absolute atomic E-state index is 0.515. The Labute approximate surface area is 149 Å². The highest BCUT2D eigenvalue weighted by Crippen LogP contribution is 2.27. The van der Waals surface area contributed by atoms with Crippen molar-refractivity contribution in [1.82, 2.24) is 20.0 Å². The number of aromatic nitrogens is 2. The second-order valence-corrected chi connectivity index (χ2v) is 7.72. The van der Waals surface area contributed by atoms with Crippen molar-refractivity contribution in [3.05, 3.63) is 11.3 Å². The van der Waals surface area contributed by atoms with Crippen LogP contribution in [-0.4, -0.2) is 54.5 Å². The van der Waals surface area contributed by atoms with Gasteiger partial charge in [-0.1, -0.05) is 11.9 Å². The Balaban J connectivity index is 1.68. The van der Waals surface area contributed by atoms with Crippen molar-refractivity contribution in [2.45, 2.75) is 45.6 Å². The monoisotopic (exact) mass is 350 g/mol. The summed E-state index contributed by atoms with van der Waals surface area (Å²) in [4.78, 5) is 12.1. The van der Waals surface area contributed by atoms with Gasteiger partial charge < -0.3 is 15.5 Å². The van der Waals surface area contributed by atoms with Crippen molar-refractivity contribution in [3.63, 3.8) is 0 Å². The molecule has 0 radical (unpaired) electrons. The second kappa shape index (κ2) is 8.87. The molecule has 134 valence electrons. The average Bonchev–Trinajstić information content (AvgIpc) is 2.61. The van der Waals surface area contributed by atoms with Gasteiger partial charge in [-0.15, -0.1) is 0 Å². The molecule has 0 bridgehead atoms. The van der Waals surface area contributed by atoms with Crippen LogP contribution in [0.5, 0.6) is 0 Å². The first-order valence-corrected chi connectivity index (χ1v) is 10.2. The Bertz CT molecular complexity index is 530. The Kier molecular flexibility index (Phi) is 6.57. The summed E-state index contributed by atoms with van der Waals surface area (Å²) in [6, 6.07) is 0.515. The van der Waals surface area contributed by atoms with E-state index in [0.717, 1.165) is 63.1 Å². The molecule has 1 fully saturated rings. The topological polar surface area (TPSA) is 65.1 Å². The van der Waals surface area contributed by atoms with Crippen molar-refractivity contribution in [2.75, 3.05) is 48.7 Å². The fourth-order valence-corrected chi connectivity index (χ4v) is 3.83. The third-order valence-corrected chi connectivity index (χ3v) is 5.43. The highest BCUT2D eigenvalue weighted by atomic mass is 32.2. The molecule has 3 N–H and O–H groups in total. The molecule has 6 nitrogen and oxygen atoms in total. The van der Waals surface area contributed by atoms with Crippen LogP contribution in [0.4, 0.5) is 11.8 Å². The number of nitrogens with one attached hydrogen (secondary N) is 3. The number of aryl methyl sites for hydroxylation is 1. The summed E-state index contributed by atoms with van der Waals surface area (Å²) in [5.41, 5.74) is 2.61. The molecule has 24 heavy (non-hydrogen) atoms. The van der Waals surface area contributed by atoms with Crippen LogP contribution in [-0.2, 0) is 12.8 Å². The lowest BCUT2D eigenvalue weighted by molar-refractivity contribution is 0.575. The fraction of sp³-hybridized carbons (Fsp3) is 0.765. The van der Waals surface area contributed by atoms with Crippen molar-refractivity contribution in [2.24, 2.45) is 0 Å². The van der Waals surface area contributed by atoms with Gasteiger partial charge in [0.25, 0.3) is 0 Å². The predicted octanol–water partition coefficient (Wildman–Crippen LogP) is 1.82. The van der Waals surface area contributed by atoms with Crippen LogP contribution < -0.4 is 20.3 Å². The Hall–Kier alpha value is -1.05. The Morgan fingerprint density at radius 3 is 2.75 bits per heavy atom. The summed E-state index contributed by atoms with van der Waals surface area (Å²) in [7, 11) is 0. The van der Waals surface area contributed by atoms with Gasteiger partial charge in [0.05, 0.1) is 5.69 Å². The van der Waals surface area contributed by atoms with Crippen LogP contribution in [0.2, 0.25) is 0 Å². The van der Waals surface area contributed by atoms with E-state index in [1.807, 2.05) is 0 Å². The lowest BCUT2D eigenvalue weighted by Crippen LogP contribution is -2.44. The maximum absolute atomic E-state index is 4.89. The summed E-state index contributed by atoms with van der Waals surface area (Å²) < 4.78 is 3.39. The summed E-state index contributed by atoms with van der Waals surface area (Å²) in [5, 5.41) is 6.97. The molecule has 3 rings (SSSR count). The van der Waals surface area contributed by atoms with Crippen LogP contribution >= 0.6 is 11.9 Å². The molecule has 7 heteroatoms. The maximum Gasteiger partial charge on any atom is 0.227 e. The average molecular weight is 351 g/mol. The van der Waals surface area contributed by atoms with Gasteiger partial charge in [0.15, 0.2) is 0 Å². The quantitative estimate of drug-likeness (QED) is 0.512. The zero-order valence-electron chi connectivity index (χ0n) is 14.9. The van der Waals surface area contributed by atoms with Crippen molar-refractivity contribution < 1.29 is 0 Å². The Morgan fingerprint density at radius 1 is 1.17 bits per heavy atom. The second-order valence-electron chi connectivity index (χ2n) is 6.79. The largest absolute Gasteiger partial charge is 0.369 e. The summed E-state index contributed by atoms with van der Waals surface area (Å²) >= 11 is 1.78. The van der Waals surface area contributed by atoms with Gasteiger partial charge in [-0.3, -0.25) is 4.72 Å². The molecule has 1 aromatic heterocycles. The lowest BCUT2D eigenvalue weighted by atomic mass is 9.96. The van der Waals surface area contributed by atoms with Crippen LogP contribution in [0.25, 0.3) is 0 Å². The van der Waals surface area contributed by atoms with Gasteiger partial charge in [-0.05, 0) is 39.5 Å². The molecule has 0 saturated carbocycles. The van der Waals surface area contributed by atoms with Gasteiger partial charge in [-0.2, -0.15) is 4.98 Å². The standard InChI is InChI=1S/C17H30N6S/c1-13(2)22-24-12-9-19-16-14-5-3-4-6-15(14)20-17(21-16)23-10-7-18-8-11-23/h13,18,22H,3-12H2,1-2H3,(H,19,20,21). The molecular weight excluding hydrogens is 320 g/mol. The summed E-state index contributed by atoms with van der Waals surface area (Å²) in [6.45, 7) is 9.27. The number of hydrogen-bond donors (Lipinski definition) is 3. The zero-order chi connectivity index (χ0) is 16.8. The van der Waals surface area contributed by atoms with Crippen LogP contribution in [0.1, 0.15) is 37.9 Å². The van der Waals surface area contributed by atoms with Gasteiger partial charge in [0.1, 0.15) is 5.82 Å². The van der Waals surface area contributed by atoms with Gasteiger partial charge in [0, 0.05) is 50.1 Å². The van der Waals surface area contributed by atoms with Crippen LogP contribution in [0.3, 0.4) is 0 Å². The van der Waals surface area contributed by atoms with E-state index < -0.39 is 0 Å². The first kappa shape index (κ1) is 17.8. The number of anilines is 2. The van der Waals surface area contributed by atoms with Crippen molar-refractivity contribution in [3.8, 4) is 0 Å². The first-order valence-electron chi connectivity index (χ1n) is 9.20. The van der Waals surface area contributed by atoms with Gasteiger partial charge in [-0.25, -0.2) is 4.98 Å². The molecule has 1 aliphatic carbocycles. The molecule has 1 saturated heterocycles. The fourth-order valence-electron chi connectivity index (χ4n) is 3.18. The minimum Gasteiger partial charge on any atom is -0.369 e. The third-order valence-electron chi connectivity index (χ3n) is 4.39. The molecular formula is C17H30N6S. The minimum atomic E-state index is 0.515. The van der Waals surface area contributed by atoms with E-state index in [0.29, 0.717) is 6.04 Å². The van der Waals surface area contributed by atoms with Crippen molar-refractivity contribution >= 4 is 23.7 Å². The molecule has 0 unspecified atom stereocenters. The van der Waals surface area contributed by atoms with Gasteiger partial charge in [0.2, 0.25) is 5.95 Å². The zero-order valence-corrected chi connectivity index (χ0v) is 15.7. The predicted molar refractivity (Wildman–Crippen MR) is 103 cm³/mol. The van der Waals surface area contributed by atoms with E-state index in [2.05, 4.69) is 34.1 Å². The van der Waals surface area contributed by atoms with E-state index in [-0.39, 0.29) is 0 Å². The number of fused-ring (bicyclic) bond motifs is 1. The molecule has 0 amide bonds. The highest BCUT2D eigenvalue weighted by molar-refractivity contribution is 7.97. The maximum atomic E-state index is 4.89. The van der Waals surface area contributed by atoms with E-state index in [1.165, 1.54) is 24.1 Å². The summed E-state index contributed by atoms with van der Waals surface area (Å²) in [6.07, 6.45) is 4.70.